The van der Waals surface area contributed by atoms with E-state index in [0.717, 1.165) is 29.2 Å². The molecule has 1 atom stereocenters. The van der Waals surface area contributed by atoms with E-state index in [-0.39, 0.29) is 12.3 Å². The highest BCUT2D eigenvalue weighted by molar-refractivity contribution is 5.91. The molecule has 0 saturated heterocycles. The number of fused-ring (bicyclic) bond motifs is 1. The monoisotopic (exact) mass is 299 g/mol. The minimum atomic E-state index is -0.972. The molecule has 2 N–H and O–H groups in total. The first-order valence-corrected chi connectivity index (χ1v) is 7.60. The van der Waals surface area contributed by atoms with E-state index >= 15 is 0 Å². The second kappa shape index (κ2) is 7.59. The van der Waals surface area contributed by atoms with E-state index < -0.39 is 12.0 Å². The van der Waals surface area contributed by atoms with Gasteiger partial charge < -0.3 is 10.4 Å². The molecular weight excluding hydrogens is 278 g/mol. The molecule has 0 fully saturated rings. The maximum Gasteiger partial charge on any atom is 0.326 e. The van der Waals surface area contributed by atoms with Crippen LogP contribution in [0.4, 0.5) is 0 Å². The van der Waals surface area contributed by atoms with Crippen molar-refractivity contribution < 1.29 is 14.7 Å². The highest BCUT2D eigenvalue weighted by atomic mass is 16.4. The molecule has 2 aromatic carbocycles. The van der Waals surface area contributed by atoms with Crippen LogP contribution < -0.4 is 5.32 Å². The Balaban J connectivity index is 2.08. The fraction of sp³-hybridized carbons (Fsp3) is 0.333. The first kappa shape index (κ1) is 16.0. The van der Waals surface area contributed by atoms with Crippen molar-refractivity contribution in [3.8, 4) is 0 Å². The van der Waals surface area contributed by atoms with Crippen molar-refractivity contribution in [1.29, 1.82) is 0 Å². The molecule has 116 valence electrons. The molecule has 0 bridgehead atoms. The van der Waals surface area contributed by atoms with Gasteiger partial charge in [0.05, 0.1) is 6.42 Å². The van der Waals surface area contributed by atoms with Gasteiger partial charge in [0.25, 0.3) is 0 Å². The van der Waals surface area contributed by atoms with Crippen LogP contribution in [0, 0.1) is 0 Å². The lowest BCUT2D eigenvalue weighted by Gasteiger charge is -2.14. The molecule has 0 saturated carbocycles. The van der Waals surface area contributed by atoms with E-state index in [1.54, 1.807) is 0 Å². The Bertz CT molecular complexity index is 661. The zero-order valence-corrected chi connectivity index (χ0v) is 12.7. The van der Waals surface area contributed by atoms with Gasteiger partial charge in [0, 0.05) is 0 Å². The Kier molecular flexibility index (Phi) is 5.53. The van der Waals surface area contributed by atoms with Gasteiger partial charge in [-0.25, -0.2) is 4.79 Å². The van der Waals surface area contributed by atoms with E-state index in [9.17, 15) is 14.7 Å². The van der Waals surface area contributed by atoms with E-state index in [1.807, 2.05) is 49.4 Å². The minimum Gasteiger partial charge on any atom is -0.480 e. The summed E-state index contributed by atoms with van der Waals surface area (Å²) in [7, 11) is 0. The first-order chi connectivity index (χ1) is 10.6. The zero-order chi connectivity index (χ0) is 15.9. The van der Waals surface area contributed by atoms with Crippen LogP contribution in [-0.4, -0.2) is 23.0 Å². The predicted molar refractivity (Wildman–Crippen MR) is 86.7 cm³/mol. The number of hydrogen-bond acceptors (Lipinski definition) is 2. The largest absolute Gasteiger partial charge is 0.480 e. The Morgan fingerprint density at radius 2 is 1.86 bits per heavy atom. The number of aliphatic carboxylic acids is 1. The van der Waals surface area contributed by atoms with Gasteiger partial charge in [0.2, 0.25) is 5.91 Å². The molecule has 22 heavy (non-hydrogen) atoms. The fourth-order valence-electron chi connectivity index (χ4n) is 2.53. The number of amides is 1. The van der Waals surface area contributed by atoms with Crippen molar-refractivity contribution in [2.45, 2.75) is 38.6 Å². The quantitative estimate of drug-likeness (QED) is 0.825. The van der Waals surface area contributed by atoms with Crippen molar-refractivity contribution in [2.75, 3.05) is 0 Å². The Morgan fingerprint density at radius 1 is 1.14 bits per heavy atom. The van der Waals surface area contributed by atoms with E-state index in [0.29, 0.717) is 6.42 Å². The average Bonchev–Trinajstić information content (AvgIpc) is 2.51. The summed E-state index contributed by atoms with van der Waals surface area (Å²) >= 11 is 0. The smallest absolute Gasteiger partial charge is 0.326 e. The summed E-state index contributed by atoms with van der Waals surface area (Å²) in [4.78, 5) is 23.4. The van der Waals surface area contributed by atoms with Crippen molar-refractivity contribution in [1.82, 2.24) is 5.32 Å². The third kappa shape index (κ3) is 4.07. The van der Waals surface area contributed by atoms with Crippen molar-refractivity contribution in [3.05, 3.63) is 48.0 Å². The Labute approximate surface area is 130 Å². The van der Waals surface area contributed by atoms with Gasteiger partial charge in [-0.05, 0) is 22.8 Å². The van der Waals surface area contributed by atoms with Crippen LogP contribution in [0.2, 0.25) is 0 Å². The standard InChI is InChI=1S/C18H21NO3/c1-2-3-11-16(18(21)22)19-17(20)12-14-9-6-8-13-7-4-5-10-15(13)14/h4-10,16H,2-3,11-12H2,1H3,(H,19,20)(H,21,22). The van der Waals surface area contributed by atoms with Crippen molar-refractivity contribution in [2.24, 2.45) is 0 Å². The van der Waals surface area contributed by atoms with E-state index in [1.165, 1.54) is 0 Å². The second-order valence-electron chi connectivity index (χ2n) is 5.42. The SMILES string of the molecule is CCCCC(NC(=O)Cc1cccc2ccccc12)C(=O)O. The molecular formula is C18H21NO3. The van der Waals surface area contributed by atoms with Gasteiger partial charge in [0.15, 0.2) is 0 Å². The normalized spacial score (nSPS) is 12.0. The number of carbonyl (C=O) groups excluding carboxylic acids is 1. The van der Waals surface area contributed by atoms with Crippen LogP contribution in [-0.2, 0) is 16.0 Å². The van der Waals surface area contributed by atoms with E-state index in [4.69, 9.17) is 0 Å². The highest BCUT2D eigenvalue weighted by Gasteiger charge is 2.19. The molecule has 0 aliphatic carbocycles. The summed E-state index contributed by atoms with van der Waals surface area (Å²) in [6.07, 6.45) is 2.35. The first-order valence-electron chi connectivity index (χ1n) is 7.60. The highest BCUT2D eigenvalue weighted by Crippen LogP contribution is 2.19. The Hall–Kier alpha value is -2.36. The van der Waals surface area contributed by atoms with Gasteiger partial charge in [-0.1, -0.05) is 62.2 Å². The molecule has 0 radical (unpaired) electrons. The number of carboxylic acids is 1. The van der Waals surface area contributed by atoms with Gasteiger partial charge in [-0.3, -0.25) is 4.79 Å². The minimum absolute atomic E-state index is 0.192. The number of hydrogen-bond donors (Lipinski definition) is 2. The topological polar surface area (TPSA) is 66.4 Å². The third-order valence-electron chi connectivity index (χ3n) is 3.71. The predicted octanol–water partition coefficient (Wildman–Crippen LogP) is 3.14. The summed E-state index contributed by atoms with van der Waals surface area (Å²) in [5.74, 6) is -1.22. The van der Waals surface area contributed by atoms with Crippen LogP contribution in [0.25, 0.3) is 10.8 Å². The van der Waals surface area contributed by atoms with Gasteiger partial charge >= 0.3 is 5.97 Å². The molecule has 1 amide bonds. The Morgan fingerprint density at radius 3 is 2.59 bits per heavy atom. The number of rotatable bonds is 7. The van der Waals surface area contributed by atoms with Crippen LogP contribution in [0.3, 0.4) is 0 Å². The third-order valence-corrected chi connectivity index (χ3v) is 3.71. The zero-order valence-electron chi connectivity index (χ0n) is 12.7. The second-order valence-corrected chi connectivity index (χ2v) is 5.42. The number of carboxylic acid groups (broad SMARTS) is 1. The molecule has 4 heteroatoms. The van der Waals surface area contributed by atoms with Crippen molar-refractivity contribution >= 4 is 22.6 Å². The van der Waals surface area contributed by atoms with Gasteiger partial charge in [-0.15, -0.1) is 0 Å². The number of benzene rings is 2. The van der Waals surface area contributed by atoms with Gasteiger partial charge in [0.1, 0.15) is 6.04 Å². The van der Waals surface area contributed by atoms with Crippen LogP contribution in [0.15, 0.2) is 42.5 Å². The molecule has 0 aromatic heterocycles. The number of nitrogens with one attached hydrogen (secondary N) is 1. The maximum atomic E-state index is 12.2. The molecule has 0 spiro atoms. The molecule has 2 aromatic rings. The fourth-order valence-corrected chi connectivity index (χ4v) is 2.53. The van der Waals surface area contributed by atoms with Crippen molar-refractivity contribution in [3.63, 3.8) is 0 Å². The van der Waals surface area contributed by atoms with Crippen LogP contribution in [0.1, 0.15) is 31.7 Å². The lowest BCUT2D eigenvalue weighted by atomic mass is 10.0. The molecule has 0 heterocycles. The van der Waals surface area contributed by atoms with Gasteiger partial charge in [-0.2, -0.15) is 0 Å². The molecule has 1 unspecified atom stereocenters. The number of carbonyl (C=O) groups is 2. The summed E-state index contributed by atoms with van der Waals surface area (Å²) < 4.78 is 0. The number of unbranched alkanes of at least 4 members (excludes halogenated alkanes) is 1. The van der Waals surface area contributed by atoms with Crippen LogP contribution in [0.5, 0.6) is 0 Å². The molecule has 2 rings (SSSR count). The molecule has 0 aliphatic rings. The summed E-state index contributed by atoms with van der Waals surface area (Å²) in [5.41, 5.74) is 0.912. The summed E-state index contributed by atoms with van der Waals surface area (Å²) in [6, 6.07) is 12.9. The summed E-state index contributed by atoms with van der Waals surface area (Å²) in [5, 5.41) is 13.9. The molecule has 0 aliphatic heterocycles. The van der Waals surface area contributed by atoms with E-state index in [2.05, 4.69) is 5.32 Å². The summed E-state index contributed by atoms with van der Waals surface area (Å²) in [6.45, 7) is 2.00. The maximum absolute atomic E-state index is 12.2. The average molecular weight is 299 g/mol. The lowest BCUT2D eigenvalue weighted by molar-refractivity contribution is -0.141. The van der Waals surface area contributed by atoms with Crippen LogP contribution >= 0.6 is 0 Å². The lowest BCUT2D eigenvalue weighted by Crippen LogP contribution is -2.41. The molecule has 4 nitrogen and oxygen atoms in total.